The Balaban J connectivity index is 2.20. The molecule has 0 aliphatic rings. The molecule has 2 rings (SSSR count). The van der Waals surface area contributed by atoms with Crippen LogP contribution in [-0.2, 0) is 0 Å². The van der Waals surface area contributed by atoms with Gasteiger partial charge in [0.2, 0.25) is 0 Å². The molecule has 2 heteroatoms. The Morgan fingerprint density at radius 1 is 1.00 bits per heavy atom. The monoisotopic (exact) mass is 241 g/mol. The summed E-state index contributed by atoms with van der Waals surface area (Å²) in [6, 6.07) is 16.1. The van der Waals surface area contributed by atoms with Gasteiger partial charge in [0, 0.05) is 6.54 Å². The molecule has 1 atom stereocenters. The van der Waals surface area contributed by atoms with E-state index < -0.39 is 0 Å². The van der Waals surface area contributed by atoms with Crippen LogP contribution in [0.5, 0.6) is 5.75 Å². The molecule has 0 radical (unpaired) electrons. The van der Waals surface area contributed by atoms with Gasteiger partial charge in [0.1, 0.15) is 11.9 Å². The highest BCUT2D eigenvalue weighted by atomic mass is 16.5. The maximum Gasteiger partial charge on any atom is 0.136 e. The van der Waals surface area contributed by atoms with Crippen molar-refractivity contribution in [2.24, 2.45) is 5.73 Å². The second-order valence-corrected chi connectivity index (χ2v) is 4.50. The van der Waals surface area contributed by atoms with Gasteiger partial charge in [-0.1, -0.05) is 36.4 Å². The summed E-state index contributed by atoms with van der Waals surface area (Å²) in [6.45, 7) is 4.68. The van der Waals surface area contributed by atoms with Gasteiger partial charge < -0.3 is 10.5 Å². The second-order valence-electron chi connectivity index (χ2n) is 4.50. The molecule has 0 bridgehead atoms. The van der Waals surface area contributed by atoms with Crippen LogP contribution < -0.4 is 10.5 Å². The van der Waals surface area contributed by atoms with Crippen molar-refractivity contribution in [3.63, 3.8) is 0 Å². The lowest BCUT2D eigenvalue weighted by Crippen LogP contribution is -2.18. The number of nitrogens with two attached hydrogens (primary N) is 1. The molecule has 2 aromatic rings. The van der Waals surface area contributed by atoms with E-state index in [-0.39, 0.29) is 6.10 Å². The molecule has 0 fully saturated rings. The zero-order chi connectivity index (χ0) is 13.0. The van der Waals surface area contributed by atoms with Crippen molar-refractivity contribution >= 4 is 0 Å². The zero-order valence-corrected chi connectivity index (χ0v) is 10.9. The topological polar surface area (TPSA) is 35.2 Å². The van der Waals surface area contributed by atoms with E-state index in [1.165, 1.54) is 11.1 Å². The Hall–Kier alpha value is -1.80. The van der Waals surface area contributed by atoms with E-state index >= 15 is 0 Å². The van der Waals surface area contributed by atoms with Crippen LogP contribution in [-0.4, -0.2) is 6.54 Å². The molecule has 94 valence electrons. The summed E-state index contributed by atoms with van der Waals surface area (Å²) in [4.78, 5) is 0. The van der Waals surface area contributed by atoms with Crippen molar-refractivity contribution in [2.45, 2.75) is 20.0 Å². The fraction of sp³-hybridized carbons (Fsp3) is 0.250. The third-order valence-corrected chi connectivity index (χ3v) is 3.14. The smallest absolute Gasteiger partial charge is 0.136 e. The highest BCUT2D eigenvalue weighted by Crippen LogP contribution is 2.22. The Morgan fingerprint density at radius 2 is 1.72 bits per heavy atom. The van der Waals surface area contributed by atoms with E-state index in [1.54, 1.807) is 0 Å². The van der Waals surface area contributed by atoms with Crippen LogP contribution in [0.25, 0.3) is 0 Å². The standard InChI is InChI=1S/C16H19NO/c1-12-8-9-14(10-13(12)2)16(11-17)18-15-6-4-3-5-7-15/h3-10,16H,11,17H2,1-2H3. The van der Waals surface area contributed by atoms with Crippen LogP contribution in [0.15, 0.2) is 48.5 Å². The predicted octanol–water partition coefficient (Wildman–Crippen LogP) is 3.38. The molecule has 18 heavy (non-hydrogen) atoms. The fourth-order valence-electron chi connectivity index (χ4n) is 1.88. The number of hydrogen-bond donors (Lipinski definition) is 1. The number of ether oxygens (including phenoxy) is 1. The van der Waals surface area contributed by atoms with Crippen molar-refractivity contribution < 1.29 is 4.74 Å². The first kappa shape index (κ1) is 12.7. The molecule has 0 saturated heterocycles. The van der Waals surface area contributed by atoms with E-state index in [2.05, 4.69) is 32.0 Å². The number of hydrogen-bond acceptors (Lipinski definition) is 2. The largest absolute Gasteiger partial charge is 0.484 e. The van der Waals surface area contributed by atoms with Gasteiger partial charge in [0.25, 0.3) is 0 Å². The number of para-hydroxylation sites is 1. The van der Waals surface area contributed by atoms with Crippen LogP contribution in [0, 0.1) is 13.8 Å². The summed E-state index contributed by atoms with van der Waals surface area (Å²) >= 11 is 0. The van der Waals surface area contributed by atoms with Crippen molar-refractivity contribution in [3.05, 3.63) is 65.2 Å². The molecule has 0 spiro atoms. The lowest BCUT2D eigenvalue weighted by Gasteiger charge is -2.18. The maximum absolute atomic E-state index is 5.92. The third kappa shape index (κ3) is 2.90. The lowest BCUT2D eigenvalue weighted by atomic mass is 10.0. The minimum Gasteiger partial charge on any atom is -0.484 e. The average Bonchev–Trinajstić information content (AvgIpc) is 2.40. The van der Waals surface area contributed by atoms with Gasteiger partial charge in [-0.15, -0.1) is 0 Å². The molecule has 2 N–H and O–H groups in total. The predicted molar refractivity (Wildman–Crippen MR) is 74.8 cm³/mol. The fourth-order valence-corrected chi connectivity index (χ4v) is 1.88. The lowest BCUT2D eigenvalue weighted by molar-refractivity contribution is 0.214. The second kappa shape index (κ2) is 5.69. The Bertz CT molecular complexity index is 508. The molecular weight excluding hydrogens is 222 g/mol. The van der Waals surface area contributed by atoms with Crippen LogP contribution in [0.4, 0.5) is 0 Å². The first-order valence-electron chi connectivity index (χ1n) is 6.19. The van der Waals surface area contributed by atoms with Gasteiger partial charge in [0.15, 0.2) is 0 Å². The molecule has 0 aliphatic heterocycles. The van der Waals surface area contributed by atoms with Gasteiger partial charge in [-0.05, 0) is 42.7 Å². The molecule has 1 unspecified atom stereocenters. The zero-order valence-electron chi connectivity index (χ0n) is 10.9. The van der Waals surface area contributed by atoms with E-state index in [0.717, 1.165) is 11.3 Å². The van der Waals surface area contributed by atoms with Crippen molar-refractivity contribution in [1.29, 1.82) is 0 Å². The molecule has 0 heterocycles. The molecule has 0 aromatic heterocycles. The Morgan fingerprint density at radius 3 is 2.33 bits per heavy atom. The highest BCUT2D eigenvalue weighted by molar-refractivity contribution is 5.32. The Labute approximate surface area is 108 Å². The van der Waals surface area contributed by atoms with Crippen LogP contribution >= 0.6 is 0 Å². The van der Waals surface area contributed by atoms with Gasteiger partial charge in [-0.2, -0.15) is 0 Å². The summed E-state index contributed by atoms with van der Waals surface area (Å²) in [6.07, 6.45) is -0.0910. The van der Waals surface area contributed by atoms with Gasteiger partial charge in [-0.25, -0.2) is 0 Å². The first-order valence-corrected chi connectivity index (χ1v) is 6.19. The SMILES string of the molecule is Cc1ccc(C(CN)Oc2ccccc2)cc1C. The van der Waals surface area contributed by atoms with E-state index in [0.29, 0.717) is 6.54 Å². The molecular formula is C16H19NO. The minimum absolute atomic E-state index is 0.0910. The van der Waals surface area contributed by atoms with Gasteiger partial charge >= 0.3 is 0 Å². The number of rotatable bonds is 4. The first-order chi connectivity index (χ1) is 8.70. The van der Waals surface area contributed by atoms with Gasteiger partial charge in [-0.3, -0.25) is 0 Å². The summed E-state index contributed by atoms with van der Waals surface area (Å²) in [5.74, 6) is 0.853. The quantitative estimate of drug-likeness (QED) is 0.890. The van der Waals surface area contributed by atoms with E-state index in [4.69, 9.17) is 10.5 Å². The average molecular weight is 241 g/mol. The molecule has 0 aliphatic carbocycles. The number of aryl methyl sites for hydroxylation is 2. The highest BCUT2D eigenvalue weighted by Gasteiger charge is 2.11. The number of benzene rings is 2. The maximum atomic E-state index is 5.92. The summed E-state index contributed by atoms with van der Waals surface area (Å²) in [5, 5.41) is 0. The van der Waals surface area contributed by atoms with Crippen LogP contribution in [0.2, 0.25) is 0 Å². The van der Waals surface area contributed by atoms with E-state index in [1.807, 2.05) is 30.3 Å². The molecule has 0 saturated carbocycles. The van der Waals surface area contributed by atoms with Crippen molar-refractivity contribution in [2.75, 3.05) is 6.54 Å². The Kier molecular flexibility index (Phi) is 4.00. The van der Waals surface area contributed by atoms with E-state index in [9.17, 15) is 0 Å². The van der Waals surface area contributed by atoms with Crippen LogP contribution in [0.1, 0.15) is 22.8 Å². The van der Waals surface area contributed by atoms with Crippen LogP contribution in [0.3, 0.4) is 0 Å². The summed E-state index contributed by atoms with van der Waals surface area (Å²) in [5.41, 5.74) is 9.50. The molecule has 2 aromatic carbocycles. The minimum atomic E-state index is -0.0910. The summed E-state index contributed by atoms with van der Waals surface area (Å²) < 4.78 is 5.92. The van der Waals surface area contributed by atoms with Gasteiger partial charge in [0.05, 0.1) is 0 Å². The van der Waals surface area contributed by atoms with Crippen molar-refractivity contribution in [3.8, 4) is 5.75 Å². The molecule has 2 nitrogen and oxygen atoms in total. The normalized spacial score (nSPS) is 12.2. The summed E-state index contributed by atoms with van der Waals surface area (Å²) in [7, 11) is 0. The van der Waals surface area contributed by atoms with Crippen molar-refractivity contribution in [1.82, 2.24) is 0 Å². The third-order valence-electron chi connectivity index (χ3n) is 3.14. The molecule has 0 amide bonds.